The van der Waals surface area contributed by atoms with Crippen LogP contribution >= 0.6 is 0 Å². The maximum absolute atomic E-state index is 12.4. The van der Waals surface area contributed by atoms with Crippen molar-refractivity contribution in [3.05, 3.63) is 41.9 Å². The number of aromatic hydroxyl groups is 1. The maximum atomic E-state index is 12.4. The average molecular weight is 395 g/mol. The van der Waals surface area contributed by atoms with Crippen molar-refractivity contribution in [2.75, 3.05) is 7.11 Å². The number of rotatable bonds is 6. The van der Waals surface area contributed by atoms with Gasteiger partial charge in [0.05, 0.1) is 13.7 Å². The lowest BCUT2D eigenvalue weighted by atomic mass is 10.3. The number of hydrogen-bond acceptors (Lipinski definition) is 7. The van der Waals surface area contributed by atoms with Crippen LogP contribution in [0.3, 0.4) is 0 Å². The number of ether oxygens (including phenoxy) is 2. The summed E-state index contributed by atoms with van der Waals surface area (Å²) in [6.07, 6.45) is -5.16. The first-order chi connectivity index (χ1) is 12.0. The first kappa shape index (κ1) is 19.6. The van der Waals surface area contributed by atoms with E-state index in [9.17, 15) is 31.5 Å². The van der Waals surface area contributed by atoms with Crippen LogP contribution in [0.2, 0.25) is 0 Å². The molecule has 0 saturated carbocycles. The van der Waals surface area contributed by atoms with E-state index in [0.717, 1.165) is 25.3 Å². The summed E-state index contributed by atoms with van der Waals surface area (Å²) < 4.78 is 76.9. The zero-order valence-corrected chi connectivity index (χ0v) is 13.8. The lowest BCUT2D eigenvalue weighted by Gasteiger charge is -2.14. The van der Waals surface area contributed by atoms with Gasteiger partial charge in [-0.2, -0.15) is 0 Å². The van der Waals surface area contributed by atoms with Gasteiger partial charge in [-0.05, 0) is 24.3 Å². The Labute approximate surface area is 145 Å². The Kier molecular flexibility index (Phi) is 5.47. The highest BCUT2D eigenvalue weighted by Crippen LogP contribution is 2.35. The molecule has 0 aliphatic heterocycles. The summed E-state index contributed by atoms with van der Waals surface area (Å²) in [4.78, 5) is 10.2. The minimum atomic E-state index is -5.16. The molecule has 142 valence electrons. The molecule has 1 aromatic carbocycles. The second kappa shape index (κ2) is 7.25. The predicted molar refractivity (Wildman–Crippen MR) is 78.9 cm³/mol. The molecule has 12 heteroatoms. The van der Waals surface area contributed by atoms with Gasteiger partial charge in [-0.3, -0.25) is 0 Å². The number of phenols is 1. The molecule has 0 radical (unpaired) electrons. The number of halogens is 3. The first-order valence-corrected chi connectivity index (χ1v) is 8.26. The van der Waals surface area contributed by atoms with E-state index < -0.39 is 45.3 Å². The molecule has 0 amide bonds. The third kappa shape index (κ3) is 4.67. The van der Waals surface area contributed by atoms with Crippen LogP contribution in [0.4, 0.5) is 13.2 Å². The molecule has 0 aliphatic rings. The Hall–Kier alpha value is -2.73. The number of methoxy groups -OCH3 is 1. The van der Waals surface area contributed by atoms with Crippen molar-refractivity contribution in [2.24, 2.45) is 0 Å². The Morgan fingerprint density at radius 2 is 1.96 bits per heavy atom. The third-order valence-corrected chi connectivity index (χ3v) is 4.41. The maximum Gasteiger partial charge on any atom is 0.573 e. The highest BCUT2D eigenvalue weighted by molar-refractivity contribution is 7.89. The smallest absolute Gasteiger partial charge is 0.506 e. The molecule has 2 aromatic rings. The minimum Gasteiger partial charge on any atom is -0.506 e. The zero-order chi connectivity index (χ0) is 19.5. The molecular weight excluding hydrogens is 383 g/mol. The van der Waals surface area contributed by atoms with E-state index in [2.05, 4.69) is 9.47 Å². The van der Waals surface area contributed by atoms with Crippen LogP contribution in [0.25, 0.3) is 0 Å². The topological polar surface area (TPSA) is 115 Å². The largest absolute Gasteiger partial charge is 0.573 e. The molecule has 1 heterocycles. The summed E-state index contributed by atoms with van der Waals surface area (Å²) in [5, 5.41) is 9.68. The molecule has 0 aliphatic carbocycles. The van der Waals surface area contributed by atoms with Crippen molar-refractivity contribution in [3.63, 3.8) is 0 Å². The van der Waals surface area contributed by atoms with E-state index in [1.165, 1.54) is 12.1 Å². The normalized spacial score (nSPS) is 12.0. The van der Waals surface area contributed by atoms with Crippen LogP contribution in [0.5, 0.6) is 11.5 Å². The van der Waals surface area contributed by atoms with Gasteiger partial charge in [0.2, 0.25) is 15.8 Å². The van der Waals surface area contributed by atoms with Crippen LogP contribution in [0.15, 0.2) is 39.6 Å². The number of furan rings is 1. The third-order valence-electron chi connectivity index (χ3n) is 2.94. The molecule has 8 nitrogen and oxygen atoms in total. The average Bonchev–Trinajstić information content (AvgIpc) is 2.99. The van der Waals surface area contributed by atoms with Gasteiger partial charge in [0.25, 0.3) is 0 Å². The molecule has 2 rings (SSSR count). The summed E-state index contributed by atoms with van der Waals surface area (Å²) in [6, 6.07) is 5.12. The molecule has 0 bridgehead atoms. The predicted octanol–water partition coefficient (Wildman–Crippen LogP) is 2.15. The lowest BCUT2D eigenvalue weighted by Crippen LogP contribution is -2.25. The number of benzene rings is 1. The quantitative estimate of drug-likeness (QED) is 0.720. The molecule has 0 spiro atoms. The first-order valence-electron chi connectivity index (χ1n) is 6.78. The molecule has 2 N–H and O–H groups in total. The van der Waals surface area contributed by atoms with Crippen LogP contribution in [0.1, 0.15) is 16.3 Å². The van der Waals surface area contributed by atoms with Gasteiger partial charge in [0.1, 0.15) is 11.5 Å². The Balaban J connectivity index is 2.25. The Morgan fingerprint density at radius 1 is 1.27 bits per heavy atom. The molecule has 0 atom stereocenters. The standard InChI is InChI=1S/C14H12F3NO7S/c1-23-13(20)11-6-5-8(24-11)7-18-26(21,22)12-9(19)3-2-4-10(12)25-14(15,16)17/h2-6,18-19H,7H2,1H3. The highest BCUT2D eigenvalue weighted by atomic mass is 32.2. The van der Waals surface area contributed by atoms with Crippen LogP contribution in [0, 0.1) is 0 Å². The van der Waals surface area contributed by atoms with Crippen molar-refractivity contribution < 1.29 is 45.4 Å². The molecule has 0 saturated heterocycles. The van der Waals surface area contributed by atoms with Gasteiger partial charge in [0, 0.05) is 0 Å². The molecule has 0 fully saturated rings. The van der Waals surface area contributed by atoms with E-state index in [1.54, 1.807) is 0 Å². The van der Waals surface area contributed by atoms with E-state index in [4.69, 9.17) is 4.42 Å². The molecule has 1 aromatic heterocycles. The number of sulfonamides is 1. The number of phenolic OH excluding ortho intramolecular Hbond substituents is 1. The van der Waals surface area contributed by atoms with Crippen molar-refractivity contribution in [1.29, 1.82) is 0 Å². The summed E-state index contributed by atoms with van der Waals surface area (Å²) in [6.45, 7) is -0.501. The SMILES string of the molecule is COC(=O)c1ccc(CNS(=O)(=O)c2c(O)cccc2OC(F)(F)F)o1. The minimum absolute atomic E-state index is 0.0114. The van der Waals surface area contributed by atoms with Crippen molar-refractivity contribution in [3.8, 4) is 11.5 Å². The Bertz CT molecular complexity index is 906. The molecule has 26 heavy (non-hydrogen) atoms. The van der Waals surface area contributed by atoms with E-state index in [1.807, 2.05) is 4.72 Å². The van der Waals surface area contributed by atoms with E-state index >= 15 is 0 Å². The molecule has 0 unspecified atom stereocenters. The van der Waals surface area contributed by atoms with Gasteiger partial charge in [0.15, 0.2) is 10.6 Å². The number of hydrogen-bond donors (Lipinski definition) is 2. The Morgan fingerprint density at radius 3 is 2.58 bits per heavy atom. The van der Waals surface area contributed by atoms with Gasteiger partial charge >= 0.3 is 12.3 Å². The van der Waals surface area contributed by atoms with Crippen LogP contribution in [-0.4, -0.2) is 33.0 Å². The van der Waals surface area contributed by atoms with E-state index in [0.29, 0.717) is 0 Å². The summed E-state index contributed by atoms with van der Waals surface area (Å²) in [5.41, 5.74) is 0. The van der Waals surface area contributed by atoms with Crippen LogP contribution < -0.4 is 9.46 Å². The highest BCUT2D eigenvalue weighted by Gasteiger charge is 2.35. The summed E-state index contributed by atoms with van der Waals surface area (Å²) in [7, 11) is -3.49. The summed E-state index contributed by atoms with van der Waals surface area (Å²) >= 11 is 0. The number of nitrogens with one attached hydrogen (secondary N) is 1. The lowest BCUT2D eigenvalue weighted by molar-refractivity contribution is -0.275. The van der Waals surface area contributed by atoms with Crippen molar-refractivity contribution in [2.45, 2.75) is 17.8 Å². The van der Waals surface area contributed by atoms with Gasteiger partial charge < -0.3 is 19.0 Å². The number of carbonyl (C=O) groups excluding carboxylic acids is 1. The van der Waals surface area contributed by atoms with Gasteiger partial charge in [-0.15, -0.1) is 13.2 Å². The number of alkyl halides is 3. The monoisotopic (exact) mass is 395 g/mol. The fourth-order valence-corrected chi connectivity index (χ4v) is 3.10. The molecular formula is C14H12F3NO7S. The second-order valence-electron chi connectivity index (χ2n) is 4.73. The fraction of sp³-hybridized carbons (Fsp3) is 0.214. The van der Waals surface area contributed by atoms with Gasteiger partial charge in [-0.1, -0.05) is 6.07 Å². The second-order valence-corrected chi connectivity index (χ2v) is 6.44. The number of esters is 1. The van der Waals surface area contributed by atoms with Crippen LogP contribution in [-0.2, 0) is 21.3 Å². The van der Waals surface area contributed by atoms with Gasteiger partial charge in [-0.25, -0.2) is 17.9 Å². The van der Waals surface area contributed by atoms with Crippen molar-refractivity contribution in [1.82, 2.24) is 4.72 Å². The zero-order valence-electron chi connectivity index (χ0n) is 13.0. The fourth-order valence-electron chi connectivity index (χ4n) is 1.90. The van der Waals surface area contributed by atoms with E-state index in [-0.39, 0.29) is 11.5 Å². The summed E-state index contributed by atoms with van der Waals surface area (Å²) in [5.74, 6) is -3.03. The number of carbonyl (C=O) groups is 1. The van der Waals surface area contributed by atoms with Crippen molar-refractivity contribution >= 4 is 16.0 Å².